The fraction of sp³-hybridized carbons (Fsp3) is 0. The Morgan fingerprint density at radius 1 is 0.236 bits per heavy atom. The van der Waals surface area contributed by atoms with Gasteiger partial charge in [0, 0.05) is 65.5 Å². The van der Waals surface area contributed by atoms with Crippen LogP contribution in [-0.4, -0.2) is 13.7 Å². The molecule has 0 bridgehead atoms. The number of anilines is 3. The summed E-state index contributed by atoms with van der Waals surface area (Å²) in [5.74, 6) is 0. The van der Waals surface area contributed by atoms with Gasteiger partial charge in [-0.05, 0) is 114 Å². The van der Waals surface area contributed by atoms with Crippen LogP contribution >= 0.6 is 0 Å². The maximum atomic E-state index is 2.48. The second-order valence-electron chi connectivity index (χ2n) is 18.8. The average Bonchev–Trinajstić information content (AvgIpc) is 4.09. The Kier molecular flexibility index (Phi) is 8.92. The molecule has 4 heteroatoms. The summed E-state index contributed by atoms with van der Waals surface area (Å²) < 4.78 is 7.23. The molecule has 0 unspecified atom stereocenters. The van der Waals surface area contributed by atoms with Gasteiger partial charge in [-0.25, -0.2) is 0 Å². The number of benzene rings is 12. The smallest absolute Gasteiger partial charge is 0.0542 e. The summed E-state index contributed by atoms with van der Waals surface area (Å²) in [6.45, 7) is 0. The van der Waals surface area contributed by atoms with Gasteiger partial charge in [0.1, 0.15) is 0 Å². The fourth-order valence-corrected chi connectivity index (χ4v) is 11.9. The molecule has 72 heavy (non-hydrogen) atoms. The zero-order valence-corrected chi connectivity index (χ0v) is 39.2. The van der Waals surface area contributed by atoms with Gasteiger partial charge in [-0.3, -0.25) is 0 Å². The lowest BCUT2D eigenvalue weighted by Crippen LogP contribution is -2.12. The van der Waals surface area contributed by atoms with E-state index < -0.39 is 0 Å². The number of hydrogen-bond donors (Lipinski definition) is 0. The summed E-state index contributed by atoms with van der Waals surface area (Å²) >= 11 is 0. The number of hydrogen-bond acceptors (Lipinski definition) is 1. The zero-order chi connectivity index (χ0) is 47.3. The first-order chi connectivity index (χ1) is 35.8. The van der Waals surface area contributed by atoms with Crippen molar-refractivity contribution in [1.29, 1.82) is 0 Å². The Balaban J connectivity index is 0.949. The first kappa shape index (κ1) is 40.3. The lowest BCUT2D eigenvalue weighted by atomic mass is 9.95. The van der Waals surface area contributed by atoms with E-state index in [1.54, 1.807) is 0 Å². The van der Waals surface area contributed by atoms with E-state index in [0.717, 1.165) is 39.5 Å². The van der Waals surface area contributed by atoms with Gasteiger partial charge in [0.15, 0.2) is 0 Å². The SMILES string of the molecule is c1ccc(-n2c3ccccc3c3cc(-c4ccc(N(c5ccc(-n6c7ccccc7c7ccccc76)cc5)c5ccc(-n6c7ccccc7c7ccccc76)c6ccccc56)c5ccccc45)ccc32)cc1. The molecule has 0 aliphatic carbocycles. The summed E-state index contributed by atoms with van der Waals surface area (Å²) in [4.78, 5) is 2.48. The monoisotopic (exact) mass is 916 g/mol. The summed E-state index contributed by atoms with van der Waals surface area (Å²) in [6, 6.07) is 97.9. The molecular weight excluding hydrogens is 873 g/mol. The molecule has 0 atom stereocenters. The minimum atomic E-state index is 1.07. The molecule has 0 amide bonds. The third-order valence-corrected chi connectivity index (χ3v) is 15.0. The molecule has 0 fully saturated rings. The first-order valence-electron chi connectivity index (χ1n) is 24.8. The van der Waals surface area contributed by atoms with Gasteiger partial charge in [0.05, 0.1) is 50.2 Å². The van der Waals surface area contributed by atoms with E-state index in [4.69, 9.17) is 0 Å². The zero-order valence-electron chi connectivity index (χ0n) is 39.2. The van der Waals surface area contributed by atoms with Crippen molar-refractivity contribution < 1.29 is 0 Å². The first-order valence-corrected chi connectivity index (χ1v) is 24.8. The van der Waals surface area contributed by atoms with Crippen LogP contribution in [0.15, 0.2) is 267 Å². The van der Waals surface area contributed by atoms with E-state index in [0.29, 0.717) is 0 Å². The molecular formula is C68H44N4. The molecule has 0 saturated heterocycles. The normalized spacial score (nSPS) is 11.9. The van der Waals surface area contributed by atoms with E-state index in [9.17, 15) is 0 Å². The lowest BCUT2D eigenvalue weighted by molar-refractivity contribution is 1.17. The Labute approximate surface area is 415 Å². The van der Waals surface area contributed by atoms with Crippen LogP contribution in [0.4, 0.5) is 17.1 Å². The standard InChI is InChI=1S/C68H44N4/c1-2-18-46(19-3-1)69-62-31-15-12-28-58(62)59-44-45(34-40-68(59)69)49-39-41-65(51-21-5-4-20-50(49)51)71(48-37-35-47(36-38-48)70-60-29-13-8-24-52(60)53-25-9-14-30-61(53)70)66-42-43-67(57-23-7-6-22-56(57)66)72-63-32-16-10-26-54(63)55-27-11-17-33-64(55)72/h1-44H. The van der Waals surface area contributed by atoms with Crippen LogP contribution in [-0.2, 0) is 0 Å². The molecule has 12 aromatic carbocycles. The quantitative estimate of drug-likeness (QED) is 0.156. The van der Waals surface area contributed by atoms with Gasteiger partial charge in [0.25, 0.3) is 0 Å². The number of para-hydroxylation sites is 6. The predicted molar refractivity (Wildman–Crippen MR) is 305 cm³/mol. The maximum Gasteiger partial charge on any atom is 0.0542 e. The minimum Gasteiger partial charge on any atom is -0.309 e. The van der Waals surface area contributed by atoms with Crippen LogP contribution in [0.25, 0.3) is 115 Å². The molecule has 3 heterocycles. The van der Waals surface area contributed by atoms with Crippen molar-refractivity contribution in [3.8, 4) is 28.2 Å². The highest BCUT2D eigenvalue weighted by Crippen LogP contribution is 2.47. The van der Waals surface area contributed by atoms with Gasteiger partial charge in [-0.2, -0.15) is 0 Å². The van der Waals surface area contributed by atoms with Crippen molar-refractivity contribution >= 4 is 104 Å². The molecule has 4 nitrogen and oxygen atoms in total. The van der Waals surface area contributed by atoms with E-state index in [1.165, 1.54) is 92.7 Å². The number of rotatable bonds is 7. The van der Waals surface area contributed by atoms with E-state index >= 15 is 0 Å². The lowest BCUT2D eigenvalue weighted by Gasteiger charge is -2.29. The van der Waals surface area contributed by atoms with Crippen molar-refractivity contribution in [2.24, 2.45) is 0 Å². The highest BCUT2D eigenvalue weighted by Gasteiger charge is 2.23. The average molecular weight is 917 g/mol. The van der Waals surface area contributed by atoms with Crippen molar-refractivity contribution in [2.75, 3.05) is 4.90 Å². The number of aromatic nitrogens is 3. The minimum absolute atomic E-state index is 1.07. The Morgan fingerprint density at radius 2 is 0.625 bits per heavy atom. The Morgan fingerprint density at radius 3 is 1.17 bits per heavy atom. The van der Waals surface area contributed by atoms with Crippen LogP contribution in [0.2, 0.25) is 0 Å². The van der Waals surface area contributed by atoms with E-state index in [2.05, 4.69) is 286 Å². The second-order valence-corrected chi connectivity index (χ2v) is 18.8. The van der Waals surface area contributed by atoms with Crippen molar-refractivity contribution in [3.05, 3.63) is 267 Å². The van der Waals surface area contributed by atoms with Crippen LogP contribution in [0, 0.1) is 0 Å². The van der Waals surface area contributed by atoms with Gasteiger partial charge in [0.2, 0.25) is 0 Å². The van der Waals surface area contributed by atoms with Crippen LogP contribution in [0.3, 0.4) is 0 Å². The molecule has 0 spiro atoms. The topological polar surface area (TPSA) is 18.0 Å². The van der Waals surface area contributed by atoms with Crippen LogP contribution in [0.5, 0.6) is 0 Å². The molecule has 15 rings (SSSR count). The summed E-state index contributed by atoms with van der Waals surface area (Å²) in [5, 5.41) is 12.2. The van der Waals surface area contributed by atoms with Gasteiger partial charge >= 0.3 is 0 Å². The Hall–Kier alpha value is -9.64. The molecule has 336 valence electrons. The molecule has 0 N–H and O–H groups in total. The van der Waals surface area contributed by atoms with Crippen LogP contribution < -0.4 is 4.90 Å². The van der Waals surface area contributed by atoms with Gasteiger partial charge in [-0.15, -0.1) is 0 Å². The third-order valence-electron chi connectivity index (χ3n) is 15.0. The summed E-state index contributed by atoms with van der Waals surface area (Å²) in [7, 11) is 0. The highest BCUT2D eigenvalue weighted by molar-refractivity contribution is 6.15. The number of nitrogens with zero attached hydrogens (tertiary/aromatic N) is 4. The van der Waals surface area contributed by atoms with Crippen molar-refractivity contribution in [2.45, 2.75) is 0 Å². The second kappa shape index (κ2) is 16.0. The Bertz CT molecular complexity index is 4520. The van der Waals surface area contributed by atoms with Crippen LogP contribution in [0.1, 0.15) is 0 Å². The maximum absolute atomic E-state index is 2.48. The molecule has 0 saturated carbocycles. The van der Waals surface area contributed by atoms with E-state index in [1.807, 2.05) is 0 Å². The van der Waals surface area contributed by atoms with Crippen molar-refractivity contribution in [3.63, 3.8) is 0 Å². The molecule has 0 aliphatic rings. The molecule has 0 aliphatic heterocycles. The summed E-state index contributed by atoms with van der Waals surface area (Å²) in [5.41, 5.74) is 16.3. The predicted octanol–water partition coefficient (Wildman–Crippen LogP) is 18.4. The van der Waals surface area contributed by atoms with Gasteiger partial charge in [-0.1, -0.05) is 170 Å². The third kappa shape index (κ3) is 5.99. The van der Waals surface area contributed by atoms with E-state index in [-0.39, 0.29) is 0 Å². The largest absolute Gasteiger partial charge is 0.309 e. The molecule has 0 radical (unpaired) electrons. The molecule has 15 aromatic rings. The van der Waals surface area contributed by atoms with Crippen molar-refractivity contribution in [1.82, 2.24) is 13.7 Å². The fourth-order valence-electron chi connectivity index (χ4n) is 11.9. The summed E-state index contributed by atoms with van der Waals surface area (Å²) in [6.07, 6.45) is 0. The highest BCUT2D eigenvalue weighted by atomic mass is 15.1. The molecule has 3 aromatic heterocycles. The number of fused-ring (bicyclic) bond motifs is 11. The van der Waals surface area contributed by atoms with Gasteiger partial charge < -0.3 is 18.6 Å².